The molecule has 2 aromatic heterocycles. The number of benzene rings is 2. The van der Waals surface area contributed by atoms with Crippen LogP contribution in [0.3, 0.4) is 0 Å². The second kappa shape index (κ2) is 12.9. The van der Waals surface area contributed by atoms with Gasteiger partial charge in [0.2, 0.25) is 5.91 Å². The van der Waals surface area contributed by atoms with Crippen LogP contribution in [0.15, 0.2) is 47.1 Å². The van der Waals surface area contributed by atoms with Gasteiger partial charge >= 0.3 is 6.01 Å². The lowest BCUT2D eigenvalue weighted by Gasteiger charge is -2.41. The maximum absolute atomic E-state index is 14.7. The van der Waals surface area contributed by atoms with Gasteiger partial charge < -0.3 is 29.6 Å². The average Bonchev–Trinajstić information content (AvgIpc) is 3.69. The van der Waals surface area contributed by atoms with Gasteiger partial charge in [0.15, 0.2) is 0 Å². The van der Waals surface area contributed by atoms with E-state index in [2.05, 4.69) is 22.9 Å². The summed E-state index contributed by atoms with van der Waals surface area (Å²) >= 11 is 6.46. The van der Waals surface area contributed by atoms with Crippen LogP contribution < -0.4 is 15.4 Å². The number of amides is 1. The molecule has 0 unspecified atom stereocenters. The predicted octanol–water partition coefficient (Wildman–Crippen LogP) is 5.79. The first-order valence-electron chi connectivity index (χ1n) is 15.1. The molecule has 1 amide bonds. The van der Waals surface area contributed by atoms with Crippen LogP contribution in [-0.2, 0) is 4.79 Å². The fourth-order valence-electron chi connectivity index (χ4n) is 6.37. The summed E-state index contributed by atoms with van der Waals surface area (Å²) in [5.74, 6) is -0.0638. The van der Waals surface area contributed by atoms with E-state index >= 15 is 0 Å². The minimum atomic E-state index is -0.623. The molecule has 2 aromatic carbocycles. The third kappa shape index (κ3) is 6.00. The van der Waals surface area contributed by atoms with Gasteiger partial charge in [0.05, 0.1) is 40.7 Å². The van der Waals surface area contributed by atoms with Gasteiger partial charge in [-0.25, -0.2) is 4.39 Å². The summed E-state index contributed by atoms with van der Waals surface area (Å²) in [4.78, 5) is 28.8. The van der Waals surface area contributed by atoms with E-state index in [9.17, 15) is 14.4 Å². The number of aromatic nitrogens is 2. The summed E-state index contributed by atoms with van der Waals surface area (Å²) in [6.45, 7) is 4.61. The number of nitrogens with zero attached hydrogens (tertiary/aromatic N) is 6. The number of furan rings is 1. The number of carbonyl (C=O) groups is 1. The van der Waals surface area contributed by atoms with E-state index in [1.165, 1.54) is 6.07 Å². The molecule has 4 aromatic rings. The highest BCUT2D eigenvalue weighted by molar-refractivity contribution is 6.34. The topological polar surface area (TPSA) is 125 Å². The molecule has 2 aliphatic heterocycles. The Hall–Kier alpha value is -4.40. The molecule has 6 rings (SSSR count). The summed E-state index contributed by atoms with van der Waals surface area (Å²) in [5.41, 5.74) is 8.30. The number of piperazine rings is 1. The molecule has 12 heteroatoms. The highest BCUT2D eigenvalue weighted by Gasteiger charge is 2.33. The molecule has 10 nitrogen and oxygen atoms in total. The number of hydrogen-bond donors (Lipinski definition) is 1. The van der Waals surface area contributed by atoms with E-state index in [1.54, 1.807) is 23.3 Å². The van der Waals surface area contributed by atoms with Crippen molar-refractivity contribution in [1.82, 2.24) is 19.8 Å². The molecule has 0 aliphatic carbocycles. The third-order valence-corrected chi connectivity index (χ3v) is 9.12. The van der Waals surface area contributed by atoms with E-state index in [4.69, 9.17) is 36.5 Å². The zero-order chi connectivity index (χ0) is 31.7. The van der Waals surface area contributed by atoms with Crippen molar-refractivity contribution in [2.24, 2.45) is 0 Å². The number of halogens is 2. The molecule has 2 N–H and O–H groups in total. The molecule has 2 fully saturated rings. The number of ether oxygens (including phenoxy) is 1. The molecule has 2 saturated heterocycles. The molecule has 2 aliphatic rings. The Bertz CT molecular complexity index is 1820. The third-order valence-electron chi connectivity index (χ3n) is 8.74. The molecule has 0 spiro atoms. The number of fused-ring (bicyclic) bond motifs is 3. The summed E-state index contributed by atoms with van der Waals surface area (Å²) < 4.78 is 27.0. The number of rotatable bonds is 8. The zero-order valence-electron chi connectivity index (χ0n) is 25.3. The van der Waals surface area contributed by atoms with Crippen LogP contribution in [0.4, 0.5) is 15.9 Å². The highest BCUT2D eigenvalue weighted by atomic mass is 35.5. The molecular weight excluding hydrogens is 597 g/mol. The smallest absolute Gasteiger partial charge is 0.319 e. The Morgan fingerprint density at radius 1 is 1.24 bits per heavy atom. The average molecular weight is 632 g/mol. The lowest BCUT2D eigenvalue weighted by atomic mass is 9.98. The highest BCUT2D eigenvalue weighted by Crippen LogP contribution is 2.43. The number of hydrogen-bond acceptors (Lipinski definition) is 9. The van der Waals surface area contributed by atoms with E-state index in [0.717, 1.165) is 19.4 Å². The van der Waals surface area contributed by atoms with Gasteiger partial charge in [-0.2, -0.15) is 15.2 Å². The van der Waals surface area contributed by atoms with Crippen molar-refractivity contribution in [3.05, 3.63) is 53.5 Å². The number of carbonyl (C=O) groups excluding carboxylic acids is 1. The van der Waals surface area contributed by atoms with Crippen molar-refractivity contribution in [1.29, 1.82) is 5.26 Å². The number of likely N-dealkylation sites (N-methyl/N-ethyl adjacent to an activating group) is 1. The molecule has 0 radical (unpaired) electrons. The van der Waals surface area contributed by atoms with E-state index < -0.39 is 5.82 Å². The van der Waals surface area contributed by atoms with Crippen molar-refractivity contribution in [3.63, 3.8) is 0 Å². The number of anilines is 2. The fraction of sp³-hybridized carbons (Fsp3) is 0.394. The lowest BCUT2D eigenvalue weighted by Crippen LogP contribution is -2.55. The number of nitrogen functional groups attached to an aromatic ring is 1. The molecular formula is C33H35ClFN7O3. The van der Waals surface area contributed by atoms with Gasteiger partial charge in [-0.15, -0.1) is 0 Å². The van der Waals surface area contributed by atoms with E-state index in [0.29, 0.717) is 65.1 Å². The van der Waals surface area contributed by atoms with Crippen LogP contribution in [-0.4, -0.2) is 77.6 Å². The first-order chi connectivity index (χ1) is 21.8. The van der Waals surface area contributed by atoms with E-state index in [1.807, 2.05) is 25.1 Å². The second-order valence-electron chi connectivity index (χ2n) is 11.6. The number of nitriles is 1. The molecule has 4 heterocycles. The fourth-order valence-corrected chi connectivity index (χ4v) is 6.58. The van der Waals surface area contributed by atoms with Gasteiger partial charge in [0.1, 0.15) is 23.8 Å². The van der Waals surface area contributed by atoms with Crippen molar-refractivity contribution < 1.29 is 18.3 Å². The number of nitrogens with two attached hydrogens (primary N) is 1. The minimum Gasteiger partial charge on any atom is -0.463 e. The van der Waals surface area contributed by atoms with E-state index in [-0.39, 0.29) is 47.6 Å². The summed E-state index contributed by atoms with van der Waals surface area (Å²) in [7, 11) is 2.08. The van der Waals surface area contributed by atoms with Gasteiger partial charge in [0.25, 0.3) is 0 Å². The molecule has 0 saturated carbocycles. The number of likely N-dealkylation sites (tertiary alicyclic amines) is 1. The van der Waals surface area contributed by atoms with Gasteiger partial charge in [0, 0.05) is 48.7 Å². The molecule has 234 valence electrons. The first kappa shape index (κ1) is 30.6. The SMILES string of the molecule is C/C=C/CC(=O)N1CCN(c2nc(OC[C@@H]3CCCN3C)nc3cc(-c4cc(N)cc(F)c4Cl)c4ccoc4c23)C[C@@H]1CC#N. The van der Waals surface area contributed by atoms with Crippen molar-refractivity contribution in [3.8, 4) is 23.2 Å². The molecule has 45 heavy (non-hydrogen) atoms. The quantitative estimate of drug-likeness (QED) is 0.190. The first-order valence-corrected chi connectivity index (χ1v) is 15.5. The second-order valence-corrected chi connectivity index (χ2v) is 12.0. The Labute approximate surface area is 265 Å². The predicted molar refractivity (Wildman–Crippen MR) is 173 cm³/mol. The van der Waals surface area contributed by atoms with Crippen molar-refractivity contribution in [2.75, 3.05) is 50.5 Å². The summed E-state index contributed by atoms with van der Waals surface area (Å²) in [5, 5.41) is 10.9. The van der Waals surface area contributed by atoms with Crippen LogP contribution in [0.5, 0.6) is 6.01 Å². The van der Waals surface area contributed by atoms with Crippen molar-refractivity contribution >= 4 is 50.9 Å². The van der Waals surface area contributed by atoms with Gasteiger partial charge in [-0.3, -0.25) is 4.79 Å². The summed E-state index contributed by atoms with van der Waals surface area (Å²) in [6.07, 6.45) is 7.81. The number of allylic oxidation sites excluding steroid dienone is 1. The maximum Gasteiger partial charge on any atom is 0.319 e. The van der Waals surface area contributed by atoms with Gasteiger partial charge in [-0.05, 0) is 63.2 Å². The Morgan fingerprint density at radius 3 is 2.84 bits per heavy atom. The largest absolute Gasteiger partial charge is 0.463 e. The lowest BCUT2D eigenvalue weighted by molar-refractivity contribution is -0.132. The monoisotopic (exact) mass is 631 g/mol. The molecule has 2 atom stereocenters. The zero-order valence-corrected chi connectivity index (χ0v) is 26.1. The van der Waals surface area contributed by atoms with Crippen LogP contribution in [0.1, 0.15) is 32.6 Å². The standard InChI is InChI=1S/C33H35ClFN7O3/c1-3-4-7-28(43)42-13-12-41(18-21(42)8-10-36)32-29-27(38-33(39-32)45-19-22-6-5-11-40(22)2)17-24(23-9-14-44-31(23)29)25-15-20(37)16-26(35)30(25)34/h3-4,9,14-17,21-22H,5-8,11-13,18-19,37H2,1-2H3/b4-3+/t21-,22-/m0/s1. The Balaban J connectivity index is 1.47. The van der Waals surface area contributed by atoms with Crippen LogP contribution in [0.25, 0.3) is 33.0 Å². The minimum absolute atomic E-state index is 0.0189. The maximum atomic E-state index is 14.7. The van der Waals surface area contributed by atoms with Crippen LogP contribution >= 0.6 is 11.6 Å². The van der Waals surface area contributed by atoms with Crippen LogP contribution in [0, 0.1) is 17.1 Å². The Morgan fingerprint density at radius 2 is 2.09 bits per heavy atom. The van der Waals surface area contributed by atoms with Crippen LogP contribution in [0.2, 0.25) is 5.02 Å². The van der Waals surface area contributed by atoms with Gasteiger partial charge in [-0.1, -0.05) is 23.8 Å². The normalized spacial score (nSPS) is 19.2. The summed E-state index contributed by atoms with van der Waals surface area (Å²) in [6, 6.07) is 8.80. The Kier molecular flexibility index (Phi) is 8.79. The molecule has 0 bridgehead atoms. The van der Waals surface area contributed by atoms with Crippen molar-refractivity contribution in [2.45, 2.75) is 44.7 Å².